The molecule has 0 atom stereocenters. The summed E-state index contributed by atoms with van der Waals surface area (Å²) in [6, 6.07) is 15.3. The van der Waals surface area contributed by atoms with Crippen LogP contribution in [0.1, 0.15) is 11.1 Å². The first-order valence-electron chi connectivity index (χ1n) is 12.4. The third kappa shape index (κ3) is 6.81. The van der Waals surface area contributed by atoms with Gasteiger partial charge < -0.3 is 20.3 Å². The molecule has 8 nitrogen and oxygen atoms in total. The van der Waals surface area contributed by atoms with Crippen molar-refractivity contribution in [2.24, 2.45) is 0 Å². The highest BCUT2D eigenvalue weighted by Crippen LogP contribution is 2.35. The number of rotatable bonds is 6. The van der Waals surface area contributed by atoms with Crippen LogP contribution < -0.4 is 15.4 Å². The van der Waals surface area contributed by atoms with Gasteiger partial charge in [0.2, 0.25) is 0 Å². The highest BCUT2D eigenvalue weighted by atomic mass is 19.4. The fourth-order valence-electron chi connectivity index (χ4n) is 4.36. The molecule has 1 aromatic heterocycles. The molecule has 3 aromatic carbocycles. The van der Waals surface area contributed by atoms with E-state index in [1.807, 2.05) is 24.1 Å². The Morgan fingerprint density at radius 2 is 1.62 bits per heavy atom. The van der Waals surface area contributed by atoms with Gasteiger partial charge in [0.15, 0.2) is 0 Å². The quantitative estimate of drug-likeness (QED) is 0.323. The molecule has 5 rings (SSSR count). The number of aromatic nitrogens is 2. The number of halogens is 3. The van der Waals surface area contributed by atoms with Crippen molar-refractivity contribution in [1.29, 1.82) is 0 Å². The summed E-state index contributed by atoms with van der Waals surface area (Å²) in [7, 11) is 1.99. The van der Waals surface area contributed by atoms with Gasteiger partial charge in [0.25, 0.3) is 0 Å². The van der Waals surface area contributed by atoms with Crippen molar-refractivity contribution >= 4 is 28.3 Å². The molecule has 2 heterocycles. The summed E-state index contributed by atoms with van der Waals surface area (Å²) in [5, 5.41) is 5.97. The molecule has 202 valence electrons. The lowest BCUT2D eigenvalue weighted by atomic mass is 10.0. The van der Waals surface area contributed by atoms with Crippen LogP contribution in [0.4, 0.5) is 29.3 Å². The first-order valence-corrected chi connectivity index (χ1v) is 12.4. The van der Waals surface area contributed by atoms with Gasteiger partial charge in [0.1, 0.15) is 17.8 Å². The minimum atomic E-state index is -4.54. The molecule has 1 aliphatic rings. The van der Waals surface area contributed by atoms with Gasteiger partial charge in [0.05, 0.1) is 11.1 Å². The number of piperazine rings is 1. The van der Waals surface area contributed by atoms with Crippen LogP contribution in [0.15, 0.2) is 73.2 Å². The summed E-state index contributed by atoms with van der Waals surface area (Å²) in [6.07, 6.45) is -1.37. The standard InChI is InChI=1S/C28H27F3N6O2/c1-36-10-12-37(13-11-36)17-19-2-3-22(15-25(19)28(29,30)31)35-27(38)34-21-4-6-23(7-5-21)39-24-8-9-26-20(14-24)16-32-18-33-26/h2-9,14-16,18H,10-13,17H2,1H3,(H2,34,35,38). The van der Waals surface area contributed by atoms with Crippen LogP contribution >= 0.6 is 0 Å². The Labute approximate surface area is 223 Å². The van der Waals surface area contributed by atoms with Gasteiger partial charge >= 0.3 is 12.2 Å². The molecular weight excluding hydrogens is 509 g/mol. The zero-order chi connectivity index (χ0) is 27.4. The Hall–Kier alpha value is -4.22. The number of likely N-dealkylation sites (N-methyl/N-ethyl adjacent to an activating group) is 1. The molecule has 0 spiro atoms. The van der Waals surface area contributed by atoms with Gasteiger partial charge in [-0.05, 0) is 67.2 Å². The SMILES string of the molecule is CN1CCN(Cc2ccc(NC(=O)Nc3ccc(Oc4ccc5ncncc5c4)cc3)cc2C(F)(F)F)CC1. The smallest absolute Gasteiger partial charge is 0.416 e. The predicted molar refractivity (Wildman–Crippen MR) is 143 cm³/mol. The Bertz CT molecular complexity index is 1450. The number of carbonyl (C=O) groups excluding carboxylic acids is 1. The number of amides is 2. The summed E-state index contributed by atoms with van der Waals surface area (Å²) in [5.74, 6) is 1.15. The van der Waals surface area contributed by atoms with E-state index in [0.717, 1.165) is 30.1 Å². The van der Waals surface area contributed by atoms with Crippen molar-refractivity contribution in [2.75, 3.05) is 43.9 Å². The Morgan fingerprint density at radius 1 is 0.923 bits per heavy atom. The van der Waals surface area contributed by atoms with Gasteiger partial charge in [-0.3, -0.25) is 4.90 Å². The molecule has 4 aromatic rings. The minimum Gasteiger partial charge on any atom is -0.457 e. The number of fused-ring (bicyclic) bond motifs is 1. The summed E-state index contributed by atoms with van der Waals surface area (Å²) in [5.41, 5.74) is 0.750. The molecular formula is C28H27F3N6O2. The van der Waals surface area contributed by atoms with Crippen molar-refractivity contribution in [3.63, 3.8) is 0 Å². The van der Waals surface area contributed by atoms with Gasteiger partial charge in [-0.25, -0.2) is 14.8 Å². The second-order valence-corrected chi connectivity index (χ2v) is 9.40. The number of urea groups is 1. The van der Waals surface area contributed by atoms with E-state index in [1.54, 1.807) is 36.5 Å². The van der Waals surface area contributed by atoms with Crippen molar-refractivity contribution in [3.05, 3.63) is 84.3 Å². The number of nitrogens with zero attached hydrogens (tertiary/aromatic N) is 4. The van der Waals surface area contributed by atoms with Crippen LogP contribution in [0.2, 0.25) is 0 Å². The van der Waals surface area contributed by atoms with Crippen molar-refractivity contribution < 1.29 is 22.7 Å². The normalized spacial score (nSPS) is 14.8. The van der Waals surface area contributed by atoms with E-state index in [1.165, 1.54) is 18.5 Å². The van der Waals surface area contributed by atoms with Gasteiger partial charge in [0, 0.05) is 55.7 Å². The molecule has 1 fully saturated rings. The van der Waals surface area contributed by atoms with E-state index >= 15 is 0 Å². The van der Waals surface area contributed by atoms with Crippen molar-refractivity contribution in [3.8, 4) is 11.5 Å². The molecule has 0 bridgehead atoms. The molecule has 0 saturated carbocycles. The Morgan fingerprint density at radius 3 is 2.36 bits per heavy atom. The molecule has 2 amide bonds. The van der Waals surface area contributed by atoms with Crippen LogP contribution in [0.5, 0.6) is 11.5 Å². The Balaban J connectivity index is 1.20. The maximum Gasteiger partial charge on any atom is 0.416 e. The lowest BCUT2D eigenvalue weighted by Crippen LogP contribution is -2.44. The Kier molecular flexibility index (Phi) is 7.62. The van der Waals surface area contributed by atoms with Gasteiger partial charge in [-0.15, -0.1) is 0 Å². The first-order chi connectivity index (χ1) is 18.7. The zero-order valence-corrected chi connectivity index (χ0v) is 21.2. The number of carbonyl (C=O) groups is 1. The minimum absolute atomic E-state index is 0.0576. The lowest BCUT2D eigenvalue weighted by Gasteiger charge is -2.33. The fourth-order valence-corrected chi connectivity index (χ4v) is 4.36. The van der Waals surface area contributed by atoms with Crippen LogP contribution in [0, 0.1) is 0 Å². The second kappa shape index (κ2) is 11.3. The van der Waals surface area contributed by atoms with Crippen molar-refractivity contribution in [2.45, 2.75) is 12.7 Å². The topological polar surface area (TPSA) is 82.6 Å². The molecule has 39 heavy (non-hydrogen) atoms. The fraction of sp³-hybridized carbons (Fsp3) is 0.250. The number of ether oxygens (including phenoxy) is 1. The molecule has 0 aliphatic carbocycles. The van der Waals surface area contributed by atoms with E-state index in [9.17, 15) is 18.0 Å². The van der Waals surface area contributed by atoms with Gasteiger partial charge in [-0.1, -0.05) is 6.07 Å². The van der Waals surface area contributed by atoms with Crippen molar-refractivity contribution in [1.82, 2.24) is 19.8 Å². The highest BCUT2D eigenvalue weighted by molar-refractivity contribution is 5.99. The highest BCUT2D eigenvalue weighted by Gasteiger charge is 2.34. The molecule has 1 aliphatic heterocycles. The summed E-state index contributed by atoms with van der Waals surface area (Å²) in [4.78, 5) is 24.8. The molecule has 0 radical (unpaired) electrons. The zero-order valence-electron chi connectivity index (χ0n) is 21.2. The number of anilines is 2. The largest absolute Gasteiger partial charge is 0.457 e. The van der Waals surface area contributed by atoms with Crippen LogP contribution in [0.25, 0.3) is 10.9 Å². The molecule has 11 heteroatoms. The summed E-state index contributed by atoms with van der Waals surface area (Å²) < 4.78 is 47.3. The number of alkyl halides is 3. The number of nitrogens with one attached hydrogen (secondary N) is 2. The number of hydrogen-bond donors (Lipinski definition) is 2. The van der Waals surface area contributed by atoms with E-state index < -0.39 is 17.8 Å². The molecule has 0 unspecified atom stereocenters. The number of hydrogen-bond acceptors (Lipinski definition) is 6. The van der Waals surface area contributed by atoms with E-state index in [-0.39, 0.29) is 17.8 Å². The summed E-state index contributed by atoms with van der Waals surface area (Å²) >= 11 is 0. The lowest BCUT2D eigenvalue weighted by molar-refractivity contribution is -0.138. The third-order valence-corrected chi connectivity index (χ3v) is 6.49. The average molecular weight is 537 g/mol. The van der Waals surface area contributed by atoms with Gasteiger partial charge in [-0.2, -0.15) is 13.2 Å². The van der Waals surface area contributed by atoms with E-state index in [4.69, 9.17) is 4.74 Å². The molecule has 2 N–H and O–H groups in total. The van der Waals surface area contributed by atoms with E-state index in [2.05, 4.69) is 25.5 Å². The average Bonchev–Trinajstić information content (AvgIpc) is 2.91. The molecule has 1 saturated heterocycles. The maximum atomic E-state index is 13.8. The third-order valence-electron chi connectivity index (χ3n) is 6.49. The first kappa shape index (κ1) is 26.4. The second-order valence-electron chi connectivity index (χ2n) is 9.40. The number of benzene rings is 3. The maximum absolute atomic E-state index is 13.8. The monoisotopic (exact) mass is 536 g/mol. The van der Waals surface area contributed by atoms with Crippen LogP contribution in [0.3, 0.4) is 0 Å². The van der Waals surface area contributed by atoms with Crippen LogP contribution in [-0.4, -0.2) is 59.0 Å². The van der Waals surface area contributed by atoms with E-state index in [0.29, 0.717) is 30.3 Å². The predicted octanol–water partition coefficient (Wildman–Crippen LogP) is 5.83. The van der Waals surface area contributed by atoms with Crippen LogP contribution in [-0.2, 0) is 12.7 Å². The summed E-state index contributed by atoms with van der Waals surface area (Å²) in [6.45, 7) is 3.24.